The zero-order valence-corrected chi connectivity index (χ0v) is 11.9. The maximum Gasteiger partial charge on any atom is 0.226 e. The van der Waals surface area contributed by atoms with Gasteiger partial charge in [-0.3, -0.25) is 4.79 Å². The lowest BCUT2D eigenvalue weighted by atomic mass is 9.74. The summed E-state index contributed by atoms with van der Waals surface area (Å²) in [6.45, 7) is 7.55. The van der Waals surface area contributed by atoms with Crippen LogP contribution in [0.2, 0.25) is 0 Å². The summed E-state index contributed by atoms with van der Waals surface area (Å²) in [5.74, 6) is 0.579. The first kappa shape index (κ1) is 14.1. The lowest BCUT2D eigenvalue weighted by Crippen LogP contribution is -2.47. The maximum absolute atomic E-state index is 12.3. The Kier molecular flexibility index (Phi) is 4.58. The Bertz CT molecular complexity index is 394. The van der Waals surface area contributed by atoms with Crippen molar-refractivity contribution in [3.8, 4) is 0 Å². The number of hydrogen-bond acceptors (Lipinski definition) is 3. The van der Waals surface area contributed by atoms with E-state index in [9.17, 15) is 4.79 Å². The van der Waals surface area contributed by atoms with Gasteiger partial charge in [0.05, 0.1) is 6.33 Å². The van der Waals surface area contributed by atoms with E-state index in [1.807, 2.05) is 10.8 Å². The summed E-state index contributed by atoms with van der Waals surface area (Å²) >= 11 is 0. The van der Waals surface area contributed by atoms with Gasteiger partial charge in [0.15, 0.2) is 0 Å². The molecule has 1 saturated heterocycles. The smallest absolute Gasteiger partial charge is 0.226 e. The van der Waals surface area contributed by atoms with E-state index in [1.165, 1.54) is 0 Å². The number of hydrogen-bond donors (Lipinski definition) is 2. The van der Waals surface area contributed by atoms with Crippen LogP contribution in [-0.2, 0) is 11.3 Å². The van der Waals surface area contributed by atoms with Crippen molar-refractivity contribution < 1.29 is 4.79 Å². The van der Waals surface area contributed by atoms with Gasteiger partial charge in [0.1, 0.15) is 0 Å². The molecule has 5 nitrogen and oxygen atoms in total. The van der Waals surface area contributed by atoms with Crippen LogP contribution in [0.15, 0.2) is 18.7 Å². The number of nitrogens with one attached hydrogen (secondary N) is 2. The van der Waals surface area contributed by atoms with E-state index in [0.29, 0.717) is 12.5 Å². The van der Waals surface area contributed by atoms with E-state index in [1.54, 1.807) is 12.5 Å². The molecule has 1 amide bonds. The number of nitrogens with zero attached hydrogens (tertiary/aromatic N) is 2. The molecular formula is C14H24N4O. The third-order valence-corrected chi connectivity index (χ3v) is 4.12. The zero-order valence-electron chi connectivity index (χ0n) is 11.9. The molecule has 0 radical (unpaired) electrons. The Labute approximate surface area is 114 Å². The number of piperidine rings is 1. The first-order valence-corrected chi connectivity index (χ1v) is 7.05. The maximum atomic E-state index is 12.3. The quantitative estimate of drug-likeness (QED) is 0.835. The van der Waals surface area contributed by atoms with Gasteiger partial charge in [-0.05, 0) is 31.8 Å². The number of imidazole rings is 1. The van der Waals surface area contributed by atoms with Crippen molar-refractivity contribution in [1.82, 2.24) is 20.2 Å². The van der Waals surface area contributed by atoms with E-state index in [0.717, 1.165) is 32.5 Å². The molecule has 1 atom stereocenters. The Morgan fingerprint density at radius 3 is 3.05 bits per heavy atom. The number of aromatic nitrogens is 2. The largest absolute Gasteiger partial charge is 0.354 e. The van der Waals surface area contributed by atoms with Crippen molar-refractivity contribution in [2.75, 3.05) is 19.6 Å². The highest BCUT2D eigenvalue weighted by atomic mass is 16.2. The Hall–Kier alpha value is -1.36. The van der Waals surface area contributed by atoms with Crippen LogP contribution in [0.25, 0.3) is 0 Å². The van der Waals surface area contributed by atoms with Crippen LogP contribution >= 0.6 is 0 Å². The molecule has 1 aromatic rings. The SMILES string of the molecule is CC(C)(C(=O)NCCn1ccnc1)C1CCCNC1. The first-order chi connectivity index (χ1) is 9.10. The average molecular weight is 264 g/mol. The molecule has 2 heterocycles. The molecule has 1 aliphatic heterocycles. The van der Waals surface area contributed by atoms with Gasteiger partial charge < -0.3 is 15.2 Å². The molecule has 19 heavy (non-hydrogen) atoms. The van der Waals surface area contributed by atoms with Gasteiger partial charge >= 0.3 is 0 Å². The monoisotopic (exact) mass is 264 g/mol. The van der Waals surface area contributed by atoms with Crippen molar-refractivity contribution in [2.45, 2.75) is 33.2 Å². The van der Waals surface area contributed by atoms with E-state index in [4.69, 9.17) is 0 Å². The first-order valence-electron chi connectivity index (χ1n) is 7.05. The predicted octanol–water partition coefficient (Wildman–Crippen LogP) is 1.03. The second kappa shape index (κ2) is 6.19. The summed E-state index contributed by atoms with van der Waals surface area (Å²) in [6, 6.07) is 0. The van der Waals surface area contributed by atoms with Crippen LogP contribution in [0, 0.1) is 11.3 Å². The summed E-state index contributed by atoms with van der Waals surface area (Å²) in [5, 5.41) is 6.43. The third-order valence-electron chi connectivity index (χ3n) is 4.12. The number of rotatable bonds is 5. The van der Waals surface area contributed by atoms with E-state index < -0.39 is 0 Å². The lowest BCUT2D eigenvalue weighted by molar-refractivity contribution is -0.132. The molecule has 106 valence electrons. The summed E-state index contributed by atoms with van der Waals surface area (Å²) < 4.78 is 1.97. The molecule has 0 spiro atoms. The summed E-state index contributed by atoms with van der Waals surface area (Å²) in [5.41, 5.74) is -0.303. The van der Waals surface area contributed by atoms with Crippen LogP contribution in [-0.4, -0.2) is 35.1 Å². The highest BCUT2D eigenvalue weighted by Crippen LogP contribution is 2.31. The van der Waals surface area contributed by atoms with Crippen molar-refractivity contribution in [3.63, 3.8) is 0 Å². The number of amides is 1. The van der Waals surface area contributed by atoms with Gasteiger partial charge in [-0.25, -0.2) is 4.98 Å². The molecule has 1 aromatic heterocycles. The molecule has 0 aliphatic carbocycles. The van der Waals surface area contributed by atoms with E-state index >= 15 is 0 Å². The van der Waals surface area contributed by atoms with Crippen LogP contribution in [0.4, 0.5) is 0 Å². The lowest BCUT2D eigenvalue weighted by Gasteiger charge is -2.36. The average Bonchev–Trinajstić information content (AvgIpc) is 2.93. The summed E-state index contributed by atoms with van der Waals surface area (Å²) in [7, 11) is 0. The van der Waals surface area contributed by atoms with Gasteiger partial charge in [0.25, 0.3) is 0 Å². The summed E-state index contributed by atoms with van der Waals surface area (Å²) in [6.07, 6.45) is 7.72. The molecule has 0 aromatic carbocycles. The Balaban J connectivity index is 1.80. The third kappa shape index (κ3) is 3.56. The topological polar surface area (TPSA) is 59.0 Å². The highest BCUT2D eigenvalue weighted by Gasteiger charge is 2.36. The fraction of sp³-hybridized carbons (Fsp3) is 0.714. The molecule has 1 unspecified atom stereocenters. The molecule has 1 fully saturated rings. The molecule has 1 aliphatic rings. The number of carbonyl (C=O) groups excluding carboxylic acids is 1. The minimum Gasteiger partial charge on any atom is -0.354 e. The van der Waals surface area contributed by atoms with Gasteiger partial charge in [-0.2, -0.15) is 0 Å². The molecular weight excluding hydrogens is 240 g/mol. The van der Waals surface area contributed by atoms with Crippen LogP contribution in [0.1, 0.15) is 26.7 Å². The van der Waals surface area contributed by atoms with Crippen LogP contribution < -0.4 is 10.6 Å². The standard InChI is InChI=1S/C14H24N4O/c1-14(2,12-4-3-5-15-10-12)13(19)17-7-9-18-8-6-16-11-18/h6,8,11-12,15H,3-5,7,9-10H2,1-2H3,(H,17,19). The minimum absolute atomic E-state index is 0.154. The molecule has 0 saturated carbocycles. The minimum atomic E-state index is -0.303. The molecule has 5 heteroatoms. The molecule has 2 rings (SSSR count). The number of carbonyl (C=O) groups is 1. The fourth-order valence-corrected chi connectivity index (χ4v) is 2.60. The fourth-order valence-electron chi connectivity index (χ4n) is 2.60. The van der Waals surface area contributed by atoms with Gasteiger partial charge in [0, 0.05) is 30.9 Å². The van der Waals surface area contributed by atoms with Crippen molar-refractivity contribution in [1.29, 1.82) is 0 Å². The van der Waals surface area contributed by atoms with E-state index in [-0.39, 0.29) is 11.3 Å². The Morgan fingerprint density at radius 2 is 2.42 bits per heavy atom. The normalized spacial score (nSPS) is 20.2. The van der Waals surface area contributed by atoms with Crippen molar-refractivity contribution in [2.24, 2.45) is 11.3 Å². The van der Waals surface area contributed by atoms with Crippen LogP contribution in [0.3, 0.4) is 0 Å². The zero-order chi connectivity index (χ0) is 13.7. The second-order valence-electron chi connectivity index (χ2n) is 5.82. The van der Waals surface area contributed by atoms with E-state index in [2.05, 4.69) is 29.5 Å². The second-order valence-corrected chi connectivity index (χ2v) is 5.82. The van der Waals surface area contributed by atoms with Crippen LogP contribution in [0.5, 0.6) is 0 Å². The van der Waals surface area contributed by atoms with Crippen molar-refractivity contribution in [3.05, 3.63) is 18.7 Å². The highest BCUT2D eigenvalue weighted by molar-refractivity contribution is 5.82. The molecule has 0 bridgehead atoms. The van der Waals surface area contributed by atoms with Gasteiger partial charge in [-0.1, -0.05) is 13.8 Å². The summed E-state index contributed by atoms with van der Waals surface area (Å²) in [4.78, 5) is 16.3. The predicted molar refractivity (Wildman–Crippen MR) is 74.6 cm³/mol. The molecule has 2 N–H and O–H groups in total. The van der Waals surface area contributed by atoms with Gasteiger partial charge in [-0.15, -0.1) is 0 Å². The van der Waals surface area contributed by atoms with Gasteiger partial charge in [0.2, 0.25) is 5.91 Å². The van der Waals surface area contributed by atoms with Crippen molar-refractivity contribution >= 4 is 5.91 Å². The Morgan fingerprint density at radius 1 is 1.58 bits per heavy atom.